The molecule has 3 heteroatoms. The first kappa shape index (κ1) is 44.6. The van der Waals surface area contributed by atoms with Gasteiger partial charge < -0.3 is 14.2 Å². The van der Waals surface area contributed by atoms with Crippen molar-refractivity contribution in [3.63, 3.8) is 0 Å². The Kier molecular flexibility index (Phi) is 11.2. The highest BCUT2D eigenvalue weighted by Crippen LogP contribution is 2.46. The van der Waals surface area contributed by atoms with Crippen LogP contribution in [0.1, 0.15) is 78.0 Å². The predicted octanol–water partition coefficient (Wildman–Crippen LogP) is 19.9. The van der Waals surface area contributed by atoms with Gasteiger partial charge in [-0.3, -0.25) is 0 Å². The van der Waals surface area contributed by atoms with E-state index in [1.54, 1.807) is 0 Å². The number of nitrogens with zero attached hydrogens (tertiary/aromatic N) is 2. The SMILES string of the molecule is CC(C)c1ccc(N(c2ccc3cc4c(cc3c2)oc2cc3cc(N(c5ccc(C(C)(C)C)cc5)c5ccccc5-c5ccc(C(C)(C)C)cc5)ccc3cc24)c2ccccc2-c2ccccc2)cc1. The summed E-state index contributed by atoms with van der Waals surface area (Å²) in [5, 5.41) is 6.81. The van der Waals surface area contributed by atoms with Gasteiger partial charge in [0.05, 0.1) is 11.4 Å². The minimum absolute atomic E-state index is 0.0420. The van der Waals surface area contributed by atoms with Gasteiger partial charge in [0.2, 0.25) is 0 Å². The molecule has 0 aliphatic carbocycles. The number of hydrogen-bond acceptors (Lipinski definition) is 3. The maximum absolute atomic E-state index is 6.85. The van der Waals surface area contributed by atoms with Gasteiger partial charge in [0.25, 0.3) is 0 Å². The van der Waals surface area contributed by atoms with Gasteiger partial charge in [-0.05, 0) is 151 Å². The summed E-state index contributed by atoms with van der Waals surface area (Å²) in [6.45, 7) is 18.1. The summed E-state index contributed by atoms with van der Waals surface area (Å²) >= 11 is 0. The van der Waals surface area contributed by atoms with Crippen LogP contribution in [0.4, 0.5) is 34.1 Å². The van der Waals surface area contributed by atoms with Crippen LogP contribution < -0.4 is 9.80 Å². The first-order valence-corrected chi connectivity index (χ1v) is 24.8. The fourth-order valence-electron chi connectivity index (χ4n) is 10.1. The van der Waals surface area contributed by atoms with E-state index < -0.39 is 0 Å². The van der Waals surface area contributed by atoms with E-state index in [-0.39, 0.29) is 10.8 Å². The average molecular weight is 909 g/mol. The molecule has 0 saturated heterocycles. The van der Waals surface area contributed by atoms with E-state index in [2.05, 4.69) is 278 Å². The zero-order chi connectivity index (χ0) is 48.3. The monoisotopic (exact) mass is 908 g/mol. The Morgan fingerprint density at radius 1 is 0.357 bits per heavy atom. The third kappa shape index (κ3) is 8.40. The second-order valence-electron chi connectivity index (χ2n) is 21.3. The molecule has 10 aromatic carbocycles. The van der Waals surface area contributed by atoms with Crippen molar-refractivity contribution in [3.05, 3.63) is 229 Å². The number of fused-ring (bicyclic) bond motifs is 5. The molecule has 0 aliphatic rings. The lowest BCUT2D eigenvalue weighted by Gasteiger charge is -2.29. The van der Waals surface area contributed by atoms with Crippen LogP contribution in [0, 0.1) is 0 Å². The molecule has 1 heterocycles. The van der Waals surface area contributed by atoms with Crippen LogP contribution in [0.2, 0.25) is 0 Å². The fraction of sp³-hybridized carbons (Fsp3) is 0.164. The Morgan fingerprint density at radius 2 is 0.757 bits per heavy atom. The summed E-state index contributed by atoms with van der Waals surface area (Å²) in [6, 6.07) is 78.1. The predicted molar refractivity (Wildman–Crippen MR) is 300 cm³/mol. The molecule has 11 rings (SSSR count). The Balaban J connectivity index is 1.02. The lowest BCUT2D eigenvalue weighted by Crippen LogP contribution is -2.14. The van der Waals surface area contributed by atoms with Gasteiger partial charge in [0.15, 0.2) is 0 Å². The van der Waals surface area contributed by atoms with Crippen LogP contribution in [-0.2, 0) is 10.8 Å². The van der Waals surface area contributed by atoms with Crippen molar-refractivity contribution in [2.24, 2.45) is 0 Å². The Bertz CT molecular complexity index is 3680. The van der Waals surface area contributed by atoms with E-state index >= 15 is 0 Å². The largest absolute Gasteiger partial charge is 0.456 e. The molecule has 0 fully saturated rings. The van der Waals surface area contributed by atoms with Gasteiger partial charge >= 0.3 is 0 Å². The van der Waals surface area contributed by atoms with Crippen molar-refractivity contribution in [2.45, 2.75) is 72.1 Å². The lowest BCUT2D eigenvalue weighted by atomic mass is 9.86. The van der Waals surface area contributed by atoms with Crippen molar-refractivity contribution in [1.29, 1.82) is 0 Å². The maximum atomic E-state index is 6.85. The van der Waals surface area contributed by atoms with Gasteiger partial charge in [0, 0.05) is 44.6 Å². The standard InChI is InChI=1S/C67H60N2O/c1-44(2)45-24-32-54(33-25-45)68(62-20-14-12-18-58(62)46-16-10-9-11-17-46)56-34-26-48-40-60-61-41-49-27-35-57(39-51(49)43-65(61)70-64(60)42-50(48)38-56)69(55-36-30-53(31-37-55)67(6,7)8)63-21-15-13-19-59(63)47-22-28-52(29-23-47)66(3,4)5/h9-44H,1-8H3. The zero-order valence-corrected chi connectivity index (χ0v) is 41.6. The maximum Gasteiger partial charge on any atom is 0.136 e. The van der Waals surface area contributed by atoms with Gasteiger partial charge in [-0.15, -0.1) is 0 Å². The first-order valence-electron chi connectivity index (χ1n) is 24.8. The van der Waals surface area contributed by atoms with E-state index in [4.69, 9.17) is 4.42 Å². The number of hydrogen-bond donors (Lipinski definition) is 0. The third-order valence-electron chi connectivity index (χ3n) is 14.1. The highest BCUT2D eigenvalue weighted by Gasteiger charge is 2.22. The highest BCUT2D eigenvalue weighted by atomic mass is 16.3. The molecule has 11 aromatic rings. The molecule has 1 aromatic heterocycles. The summed E-state index contributed by atoms with van der Waals surface area (Å²) in [7, 11) is 0. The minimum atomic E-state index is 0.0420. The van der Waals surface area contributed by atoms with E-state index in [0.29, 0.717) is 5.92 Å². The van der Waals surface area contributed by atoms with Gasteiger partial charge in [-0.25, -0.2) is 0 Å². The molecule has 0 N–H and O–H groups in total. The summed E-state index contributed by atoms with van der Waals surface area (Å²) in [5.41, 5.74) is 17.2. The Hall–Kier alpha value is -7.88. The van der Waals surface area contributed by atoms with Gasteiger partial charge in [-0.1, -0.05) is 183 Å². The van der Waals surface area contributed by atoms with Crippen molar-refractivity contribution in [3.8, 4) is 22.3 Å². The van der Waals surface area contributed by atoms with Crippen LogP contribution in [0.5, 0.6) is 0 Å². The minimum Gasteiger partial charge on any atom is -0.456 e. The Labute approximate surface area is 413 Å². The van der Waals surface area contributed by atoms with E-state index in [1.807, 2.05) is 0 Å². The number of benzene rings is 10. The molecule has 0 unspecified atom stereocenters. The average Bonchev–Trinajstić information content (AvgIpc) is 3.71. The number of furan rings is 1. The van der Waals surface area contributed by atoms with Crippen LogP contribution in [0.15, 0.2) is 217 Å². The summed E-state index contributed by atoms with van der Waals surface area (Å²) in [4.78, 5) is 4.80. The third-order valence-corrected chi connectivity index (χ3v) is 14.1. The molecule has 0 amide bonds. The number of anilines is 6. The smallest absolute Gasteiger partial charge is 0.136 e. The summed E-state index contributed by atoms with van der Waals surface area (Å²) in [6.07, 6.45) is 0. The molecular weight excluding hydrogens is 849 g/mol. The molecule has 0 spiro atoms. The molecule has 0 atom stereocenters. The molecule has 0 saturated carbocycles. The van der Waals surface area contributed by atoms with Crippen LogP contribution in [0.3, 0.4) is 0 Å². The van der Waals surface area contributed by atoms with Crippen LogP contribution >= 0.6 is 0 Å². The first-order chi connectivity index (χ1) is 33.8. The number of para-hydroxylation sites is 2. The van der Waals surface area contributed by atoms with E-state index in [9.17, 15) is 0 Å². The topological polar surface area (TPSA) is 19.6 Å². The molecule has 344 valence electrons. The van der Waals surface area contributed by atoms with E-state index in [0.717, 1.165) is 66.8 Å². The second-order valence-corrected chi connectivity index (χ2v) is 21.3. The van der Waals surface area contributed by atoms with Crippen LogP contribution in [-0.4, -0.2) is 0 Å². The second kappa shape index (κ2) is 17.6. The molecule has 0 bridgehead atoms. The normalized spacial score (nSPS) is 12.1. The van der Waals surface area contributed by atoms with Gasteiger partial charge in [-0.2, -0.15) is 0 Å². The van der Waals surface area contributed by atoms with Crippen LogP contribution in [0.25, 0.3) is 65.7 Å². The van der Waals surface area contributed by atoms with Crippen molar-refractivity contribution in [1.82, 2.24) is 0 Å². The molecule has 70 heavy (non-hydrogen) atoms. The summed E-state index contributed by atoms with van der Waals surface area (Å²) < 4.78 is 6.85. The van der Waals surface area contributed by atoms with Crippen molar-refractivity contribution in [2.75, 3.05) is 9.80 Å². The zero-order valence-electron chi connectivity index (χ0n) is 41.6. The molecular formula is C67H60N2O. The number of rotatable bonds is 9. The quantitative estimate of drug-likeness (QED) is 0.144. The van der Waals surface area contributed by atoms with Crippen molar-refractivity contribution < 1.29 is 4.42 Å². The molecule has 3 nitrogen and oxygen atoms in total. The fourth-order valence-corrected chi connectivity index (χ4v) is 10.1. The summed E-state index contributed by atoms with van der Waals surface area (Å²) in [5.74, 6) is 0.446. The van der Waals surface area contributed by atoms with Crippen molar-refractivity contribution >= 4 is 77.6 Å². The van der Waals surface area contributed by atoms with Gasteiger partial charge in [0.1, 0.15) is 11.2 Å². The molecule has 0 aliphatic heterocycles. The Morgan fingerprint density at radius 3 is 1.21 bits per heavy atom. The van der Waals surface area contributed by atoms with E-state index in [1.165, 1.54) is 49.7 Å². The lowest BCUT2D eigenvalue weighted by molar-refractivity contribution is 0.590. The molecule has 0 radical (unpaired) electrons. The highest BCUT2D eigenvalue weighted by molar-refractivity contribution is 6.14.